The van der Waals surface area contributed by atoms with Gasteiger partial charge in [-0.3, -0.25) is 15.0 Å². The third-order valence-electron chi connectivity index (χ3n) is 6.68. The standard InChI is InChI=1S/C30H29F3N6O3S/c1-3-21-8-4-6-19(2)26(21)39-25(40)17-43-29(39)36-28(41)34-15-14-20-7-5-9-22(16-20)27-35-18-38(37-27)23-10-12-24(13-11-23)42-30(31,32)33/h4-13,16,18,28,34,41H,3,14-15,17H2,1-2H3. The molecule has 0 saturated carbocycles. The lowest BCUT2D eigenvalue weighted by Crippen LogP contribution is -2.35. The van der Waals surface area contributed by atoms with Crippen LogP contribution >= 0.6 is 11.8 Å². The van der Waals surface area contributed by atoms with Gasteiger partial charge in [-0.1, -0.05) is 55.1 Å². The fraction of sp³-hybridized carbons (Fsp3) is 0.267. The minimum absolute atomic E-state index is 0.0692. The quantitative estimate of drug-likeness (QED) is 0.237. The van der Waals surface area contributed by atoms with Crippen molar-refractivity contribution in [3.63, 3.8) is 0 Å². The number of aryl methyl sites for hydroxylation is 2. The molecule has 1 aliphatic heterocycles. The summed E-state index contributed by atoms with van der Waals surface area (Å²) in [6, 6.07) is 18.9. The molecule has 0 bridgehead atoms. The Hall–Kier alpha value is -4.20. The number of aliphatic hydroxyl groups excluding tert-OH is 1. The topological polar surface area (TPSA) is 105 Å². The molecule has 9 nitrogen and oxygen atoms in total. The zero-order chi connectivity index (χ0) is 30.6. The normalized spacial score (nSPS) is 15.3. The van der Waals surface area contributed by atoms with E-state index in [1.165, 1.54) is 47.0 Å². The number of para-hydroxylation sites is 1. The molecule has 5 rings (SSSR count). The number of carbonyl (C=O) groups excluding carboxylic acids is 1. The number of alkyl halides is 3. The molecule has 4 aromatic rings. The highest BCUT2D eigenvalue weighted by Gasteiger charge is 2.33. The molecule has 0 radical (unpaired) electrons. The Morgan fingerprint density at radius 2 is 1.91 bits per heavy atom. The highest BCUT2D eigenvalue weighted by Crippen LogP contribution is 2.33. The van der Waals surface area contributed by atoms with E-state index in [9.17, 15) is 23.1 Å². The zero-order valence-electron chi connectivity index (χ0n) is 23.4. The van der Waals surface area contributed by atoms with Gasteiger partial charge in [-0.25, -0.2) is 14.7 Å². The number of aliphatic hydroxyl groups is 1. The van der Waals surface area contributed by atoms with Crippen LogP contribution in [-0.4, -0.2) is 56.0 Å². The number of carbonyl (C=O) groups is 1. The number of aromatic nitrogens is 3. The SMILES string of the molecule is CCc1cccc(C)c1N1C(=O)CSC1=NC(O)NCCc1cccc(-c2ncn(-c3ccc(OC(F)(F)F)cc3)n2)c1. The van der Waals surface area contributed by atoms with E-state index in [4.69, 9.17) is 0 Å². The van der Waals surface area contributed by atoms with Crippen LogP contribution < -0.4 is 15.0 Å². The second kappa shape index (κ2) is 13.0. The molecule has 2 N–H and O–H groups in total. The Morgan fingerprint density at radius 3 is 2.65 bits per heavy atom. The molecule has 1 saturated heterocycles. The zero-order valence-corrected chi connectivity index (χ0v) is 24.2. The first kappa shape index (κ1) is 30.3. The van der Waals surface area contributed by atoms with Crippen LogP contribution in [0.2, 0.25) is 0 Å². The van der Waals surface area contributed by atoms with Crippen molar-refractivity contribution in [1.29, 1.82) is 0 Å². The van der Waals surface area contributed by atoms with Gasteiger partial charge in [0.25, 0.3) is 0 Å². The van der Waals surface area contributed by atoms with Crippen LogP contribution in [0, 0.1) is 6.92 Å². The molecule has 13 heteroatoms. The van der Waals surface area contributed by atoms with Crippen molar-refractivity contribution in [1.82, 2.24) is 20.1 Å². The molecule has 1 fully saturated rings. The Balaban J connectivity index is 1.20. The molecule has 0 aliphatic carbocycles. The summed E-state index contributed by atoms with van der Waals surface area (Å²) in [5, 5.41) is 18.5. The number of thioether (sulfide) groups is 1. The summed E-state index contributed by atoms with van der Waals surface area (Å²) in [7, 11) is 0. The van der Waals surface area contributed by atoms with Crippen LogP contribution in [0.15, 0.2) is 78.0 Å². The van der Waals surface area contributed by atoms with E-state index < -0.39 is 12.7 Å². The van der Waals surface area contributed by atoms with Crippen LogP contribution in [0.1, 0.15) is 23.6 Å². The molecule has 1 amide bonds. The van der Waals surface area contributed by atoms with E-state index in [1.54, 1.807) is 4.90 Å². The van der Waals surface area contributed by atoms with Crippen molar-refractivity contribution in [3.8, 4) is 22.8 Å². The molecule has 3 aromatic carbocycles. The predicted molar refractivity (Wildman–Crippen MR) is 159 cm³/mol. The molecular formula is C30H29F3N6O3S. The predicted octanol–water partition coefficient (Wildman–Crippen LogP) is 5.25. The number of halogens is 3. The lowest BCUT2D eigenvalue weighted by Gasteiger charge is -2.22. The molecule has 0 spiro atoms. The van der Waals surface area contributed by atoms with Crippen LogP contribution in [0.5, 0.6) is 5.75 Å². The molecule has 224 valence electrons. The first-order valence-corrected chi connectivity index (χ1v) is 14.5. The summed E-state index contributed by atoms with van der Waals surface area (Å²) in [4.78, 5) is 23.1. The molecule has 43 heavy (non-hydrogen) atoms. The Bertz CT molecular complexity index is 1620. The van der Waals surface area contributed by atoms with Gasteiger partial charge in [0.1, 0.15) is 12.1 Å². The monoisotopic (exact) mass is 610 g/mol. The second-order valence-corrected chi connectivity index (χ2v) is 10.6. The van der Waals surface area contributed by atoms with Crippen molar-refractivity contribution < 1.29 is 27.8 Å². The number of amides is 1. The number of nitrogens with zero attached hydrogens (tertiary/aromatic N) is 5. The van der Waals surface area contributed by atoms with Gasteiger partial charge in [-0.05, 0) is 66.8 Å². The van der Waals surface area contributed by atoms with Gasteiger partial charge in [-0.2, -0.15) is 0 Å². The van der Waals surface area contributed by atoms with E-state index in [-0.39, 0.29) is 17.4 Å². The van der Waals surface area contributed by atoms with E-state index in [1.807, 2.05) is 56.3 Å². The number of rotatable bonds is 10. The fourth-order valence-electron chi connectivity index (χ4n) is 4.68. The summed E-state index contributed by atoms with van der Waals surface area (Å²) in [5.41, 5.74) is 5.09. The van der Waals surface area contributed by atoms with Crippen molar-refractivity contribution >= 4 is 28.5 Å². The van der Waals surface area contributed by atoms with E-state index >= 15 is 0 Å². The van der Waals surface area contributed by atoms with E-state index in [0.717, 1.165) is 34.4 Å². The van der Waals surface area contributed by atoms with Gasteiger partial charge in [0, 0.05) is 12.1 Å². The number of amidine groups is 1. The van der Waals surface area contributed by atoms with Crippen LogP contribution in [-0.2, 0) is 17.6 Å². The number of anilines is 1. The van der Waals surface area contributed by atoms with Gasteiger partial charge in [0.15, 0.2) is 11.0 Å². The molecule has 1 aromatic heterocycles. The molecule has 1 aliphatic rings. The van der Waals surface area contributed by atoms with Gasteiger partial charge in [-0.15, -0.1) is 18.3 Å². The van der Waals surface area contributed by atoms with Gasteiger partial charge < -0.3 is 9.84 Å². The third kappa shape index (κ3) is 7.42. The first-order valence-electron chi connectivity index (χ1n) is 13.5. The largest absolute Gasteiger partial charge is 0.573 e. The average Bonchev–Trinajstić information content (AvgIpc) is 3.60. The summed E-state index contributed by atoms with van der Waals surface area (Å²) in [6.07, 6.45) is -3.13. The number of ether oxygens (including phenoxy) is 1. The van der Waals surface area contributed by atoms with Crippen molar-refractivity contribution in [2.75, 3.05) is 17.2 Å². The maximum atomic E-state index is 12.7. The van der Waals surface area contributed by atoms with Crippen LogP contribution in [0.25, 0.3) is 17.1 Å². The Morgan fingerprint density at radius 1 is 1.14 bits per heavy atom. The molecule has 1 unspecified atom stereocenters. The number of hydrogen-bond acceptors (Lipinski definition) is 8. The number of benzene rings is 3. The average molecular weight is 611 g/mol. The Kier molecular flexibility index (Phi) is 9.14. The lowest BCUT2D eigenvalue weighted by molar-refractivity contribution is -0.274. The van der Waals surface area contributed by atoms with E-state index in [0.29, 0.717) is 29.6 Å². The lowest BCUT2D eigenvalue weighted by atomic mass is 10.0. The van der Waals surface area contributed by atoms with Crippen LogP contribution in [0.3, 0.4) is 0 Å². The second-order valence-electron chi connectivity index (χ2n) is 9.70. The highest BCUT2D eigenvalue weighted by atomic mass is 32.2. The van der Waals surface area contributed by atoms with Crippen molar-refractivity contribution in [3.05, 3.63) is 89.7 Å². The number of hydrogen-bond donors (Lipinski definition) is 2. The smallest absolute Gasteiger partial charge is 0.406 e. The maximum absolute atomic E-state index is 12.7. The summed E-state index contributed by atoms with van der Waals surface area (Å²) >= 11 is 1.30. The number of nitrogens with one attached hydrogen (secondary N) is 1. The molecule has 2 heterocycles. The van der Waals surface area contributed by atoms with E-state index in [2.05, 4.69) is 25.1 Å². The van der Waals surface area contributed by atoms with Gasteiger partial charge in [0.05, 0.1) is 17.1 Å². The minimum atomic E-state index is -4.76. The minimum Gasteiger partial charge on any atom is -0.406 e. The maximum Gasteiger partial charge on any atom is 0.573 e. The van der Waals surface area contributed by atoms with Gasteiger partial charge >= 0.3 is 6.36 Å². The highest BCUT2D eigenvalue weighted by molar-refractivity contribution is 8.15. The van der Waals surface area contributed by atoms with Crippen molar-refractivity contribution in [2.45, 2.75) is 39.4 Å². The Labute approximate surface area is 250 Å². The first-order chi connectivity index (χ1) is 20.6. The van der Waals surface area contributed by atoms with Gasteiger partial charge in [0.2, 0.25) is 12.3 Å². The summed E-state index contributed by atoms with van der Waals surface area (Å²) in [5.74, 6) is 0.319. The van der Waals surface area contributed by atoms with Crippen LogP contribution in [0.4, 0.5) is 18.9 Å². The molecular weight excluding hydrogens is 581 g/mol. The summed E-state index contributed by atoms with van der Waals surface area (Å²) < 4.78 is 42.6. The summed E-state index contributed by atoms with van der Waals surface area (Å²) in [6.45, 7) is 4.41. The number of aliphatic imine (C=N–C) groups is 1. The van der Waals surface area contributed by atoms with Crippen molar-refractivity contribution in [2.24, 2.45) is 4.99 Å². The molecule has 1 atom stereocenters. The third-order valence-corrected chi connectivity index (χ3v) is 7.61. The fourth-order valence-corrected chi connectivity index (χ4v) is 5.56.